The molecule has 2 saturated heterocycles. The lowest BCUT2D eigenvalue weighted by atomic mass is 9.79. The van der Waals surface area contributed by atoms with Gasteiger partial charge < -0.3 is 14.1 Å². The van der Waals surface area contributed by atoms with E-state index in [-0.39, 0.29) is 17.8 Å². The van der Waals surface area contributed by atoms with Crippen LogP contribution in [0.4, 0.5) is 10.1 Å². The molecule has 4 rings (SSSR count). The highest BCUT2D eigenvalue weighted by Crippen LogP contribution is 2.39. The van der Waals surface area contributed by atoms with Crippen LogP contribution in [0.15, 0.2) is 28.7 Å². The van der Waals surface area contributed by atoms with Gasteiger partial charge in [-0.15, -0.1) is 10.2 Å². The molecule has 1 aromatic carbocycles. The summed E-state index contributed by atoms with van der Waals surface area (Å²) >= 11 is 0. The molecule has 2 aromatic rings. The minimum atomic E-state index is -0.200. The predicted molar refractivity (Wildman–Crippen MR) is 82.9 cm³/mol. The Hall–Kier alpha value is -1.95. The minimum Gasteiger partial charge on any atom is -0.425 e. The van der Waals surface area contributed by atoms with E-state index in [1.54, 1.807) is 12.1 Å². The Morgan fingerprint density at radius 2 is 2.17 bits per heavy atom. The quantitative estimate of drug-likeness (QED) is 0.852. The molecule has 0 spiro atoms. The molecule has 23 heavy (non-hydrogen) atoms. The van der Waals surface area contributed by atoms with Gasteiger partial charge in [-0.05, 0) is 31.0 Å². The first-order chi connectivity index (χ1) is 11.2. The highest BCUT2D eigenvalue weighted by molar-refractivity contribution is 5.47. The van der Waals surface area contributed by atoms with Crippen molar-refractivity contribution >= 4 is 5.69 Å². The van der Waals surface area contributed by atoms with Gasteiger partial charge in [-0.25, -0.2) is 4.39 Å². The van der Waals surface area contributed by atoms with Gasteiger partial charge in [0.05, 0.1) is 6.10 Å². The van der Waals surface area contributed by atoms with Crippen LogP contribution in [0, 0.1) is 18.7 Å². The first-order valence-corrected chi connectivity index (χ1v) is 8.13. The van der Waals surface area contributed by atoms with Crippen molar-refractivity contribution in [3.8, 4) is 0 Å². The Balaban J connectivity index is 1.58. The zero-order valence-electron chi connectivity index (χ0n) is 13.1. The van der Waals surface area contributed by atoms with Gasteiger partial charge in [0.15, 0.2) is 0 Å². The Kier molecular flexibility index (Phi) is 3.77. The molecule has 0 saturated carbocycles. The molecule has 0 N–H and O–H groups in total. The van der Waals surface area contributed by atoms with E-state index in [2.05, 4.69) is 15.1 Å². The number of halogens is 1. The van der Waals surface area contributed by atoms with Gasteiger partial charge in [0.2, 0.25) is 11.8 Å². The summed E-state index contributed by atoms with van der Waals surface area (Å²) in [5, 5.41) is 8.19. The van der Waals surface area contributed by atoms with Gasteiger partial charge in [-0.3, -0.25) is 0 Å². The van der Waals surface area contributed by atoms with Crippen molar-refractivity contribution in [3.63, 3.8) is 0 Å². The van der Waals surface area contributed by atoms with E-state index in [4.69, 9.17) is 9.15 Å². The topological polar surface area (TPSA) is 51.4 Å². The lowest BCUT2D eigenvalue weighted by Crippen LogP contribution is -2.49. The maximum absolute atomic E-state index is 13.5. The van der Waals surface area contributed by atoms with Crippen LogP contribution in [0.25, 0.3) is 0 Å². The van der Waals surface area contributed by atoms with Gasteiger partial charge in [-0.1, -0.05) is 6.07 Å². The minimum absolute atomic E-state index is 0.200. The monoisotopic (exact) mass is 317 g/mol. The number of aromatic nitrogens is 2. The van der Waals surface area contributed by atoms with Gasteiger partial charge in [-0.2, -0.15) is 0 Å². The second kappa shape index (κ2) is 5.92. The third-order valence-electron chi connectivity index (χ3n) is 4.90. The summed E-state index contributed by atoms with van der Waals surface area (Å²) in [6.07, 6.45) is 2.04. The Morgan fingerprint density at radius 3 is 2.96 bits per heavy atom. The molecule has 0 radical (unpaired) electrons. The van der Waals surface area contributed by atoms with Gasteiger partial charge in [0, 0.05) is 44.1 Å². The molecule has 0 amide bonds. The number of nitrogens with zero attached hydrogens (tertiary/aromatic N) is 3. The van der Waals surface area contributed by atoms with Gasteiger partial charge in [0.1, 0.15) is 5.82 Å². The molecule has 2 fully saturated rings. The maximum Gasteiger partial charge on any atom is 0.220 e. The standard InChI is InChI=1S/C17H20FN3O2/c1-11-19-20-17(23-11)14-6-8-22-16-5-7-21(10-15(14)16)13-4-2-3-12(18)9-13/h2-4,9,14-16H,5-8,10H2,1H3/t14-,15-,16-/m1/s1. The van der Waals surface area contributed by atoms with E-state index in [1.165, 1.54) is 6.07 Å². The molecule has 3 atom stereocenters. The molecule has 0 bridgehead atoms. The number of piperidine rings is 1. The molecule has 6 heteroatoms. The zero-order valence-corrected chi connectivity index (χ0v) is 13.1. The van der Waals surface area contributed by atoms with Crippen LogP contribution in [0.1, 0.15) is 30.5 Å². The number of hydrogen-bond acceptors (Lipinski definition) is 5. The zero-order chi connectivity index (χ0) is 15.8. The molecule has 0 unspecified atom stereocenters. The number of anilines is 1. The number of rotatable bonds is 2. The Bertz CT molecular complexity index is 690. The van der Waals surface area contributed by atoms with Crippen molar-refractivity contribution in [3.05, 3.63) is 41.9 Å². The van der Waals surface area contributed by atoms with E-state index >= 15 is 0 Å². The Labute approximate surface area is 134 Å². The van der Waals surface area contributed by atoms with Crippen LogP contribution in [-0.2, 0) is 4.74 Å². The van der Waals surface area contributed by atoms with E-state index < -0.39 is 0 Å². The summed E-state index contributed by atoms with van der Waals surface area (Å²) in [7, 11) is 0. The third-order valence-corrected chi connectivity index (χ3v) is 4.90. The van der Waals surface area contributed by atoms with Crippen LogP contribution in [-0.4, -0.2) is 36.0 Å². The third kappa shape index (κ3) is 2.83. The smallest absolute Gasteiger partial charge is 0.220 e. The summed E-state index contributed by atoms with van der Waals surface area (Å²) < 4.78 is 25.1. The second-order valence-corrected chi connectivity index (χ2v) is 6.34. The first-order valence-electron chi connectivity index (χ1n) is 8.13. The molecular formula is C17H20FN3O2. The molecule has 3 heterocycles. The number of fused-ring (bicyclic) bond motifs is 1. The van der Waals surface area contributed by atoms with Crippen LogP contribution in [0.3, 0.4) is 0 Å². The summed E-state index contributed by atoms with van der Waals surface area (Å²) in [6, 6.07) is 6.78. The second-order valence-electron chi connectivity index (χ2n) is 6.34. The average Bonchev–Trinajstić information content (AvgIpc) is 3.00. The van der Waals surface area contributed by atoms with Crippen molar-refractivity contribution in [2.75, 3.05) is 24.6 Å². The first kappa shape index (κ1) is 14.6. The van der Waals surface area contributed by atoms with E-state index in [0.717, 1.165) is 38.2 Å². The van der Waals surface area contributed by atoms with Crippen LogP contribution in [0.2, 0.25) is 0 Å². The van der Waals surface area contributed by atoms with Crippen molar-refractivity contribution in [1.82, 2.24) is 10.2 Å². The molecule has 1 aromatic heterocycles. The number of benzene rings is 1. The summed E-state index contributed by atoms with van der Waals surface area (Å²) in [4.78, 5) is 2.23. The van der Waals surface area contributed by atoms with Crippen LogP contribution < -0.4 is 4.90 Å². The normalized spacial score (nSPS) is 27.7. The summed E-state index contributed by atoms with van der Waals surface area (Å²) in [5.41, 5.74) is 0.925. The molecule has 122 valence electrons. The molecule has 2 aliphatic heterocycles. The lowest BCUT2D eigenvalue weighted by Gasteiger charge is -2.44. The number of hydrogen-bond donors (Lipinski definition) is 0. The Morgan fingerprint density at radius 1 is 1.26 bits per heavy atom. The highest BCUT2D eigenvalue weighted by atomic mass is 19.1. The van der Waals surface area contributed by atoms with Crippen LogP contribution >= 0.6 is 0 Å². The van der Waals surface area contributed by atoms with E-state index in [9.17, 15) is 4.39 Å². The van der Waals surface area contributed by atoms with E-state index in [0.29, 0.717) is 17.7 Å². The summed E-state index contributed by atoms with van der Waals surface area (Å²) in [6.45, 7) is 4.24. The average molecular weight is 317 g/mol. The maximum atomic E-state index is 13.5. The number of ether oxygens (including phenoxy) is 1. The highest BCUT2D eigenvalue weighted by Gasteiger charge is 2.41. The predicted octanol–water partition coefficient (Wildman–Crippen LogP) is 2.92. The molecular weight excluding hydrogens is 297 g/mol. The fourth-order valence-corrected chi connectivity index (χ4v) is 3.79. The van der Waals surface area contributed by atoms with Crippen molar-refractivity contribution in [2.24, 2.45) is 5.92 Å². The van der Waals surface area contributed by atoms with Gasteiger partial charge >= 0.3 is 0 Å². The fourth-order valence-electron chi connectivity index (χ4n) is 3.79. The fraction of sp³-hybridized carbons (Fsp3) is 0.529. The summed E-state index contributed by atoms with van der Waals surface area (Å²) in [5.74, 6) is 1.61. The SMILES string of the molecule is Cc1nnc([C@@H]2CCO[C@@H]3CCN(c4cccc(F)c4)C[C@@H]32)o1. The van der Waals surface area contributed by atoms with Crippen molar-refractivity contribution in [2.45, 2.75) is 31.8 Å². The molecule has 2 aliphatic rings. The molecule has 5 nitrogen and oxygen atoms in total. The van der Waals surface area contributed by atoms with Crippen LogP contribution in [0.5, 0.6) is 0 Å². The van der Waals surface area contributed by atoms with Crippen molar-refractivity contribution in [1.29, 1.82) is 0 Å². The largest absolute Gasteiger partial charge is 0.425 e. The van der Waals surface area contributed by atoms with Gasteiger partial charge in [0.25, 0.3) is 0 Å². The molecule has 0 aliphatic carbocycles. The van der Waals surface area contributed by atoms with E-state index in [1.807, 2.05) is 13.0 Å². The number of aryl methyl sites for hydroxylation is 1. The van der Waals surface area contributed by atoms with Crippen molar-refractivity contribution < 1.29 is 13.5 Å². The lowest BCUT2D eigenvalue weighted by molar-refractivity contribution is -0.0515.